The summed E-state index contributed by atoms with van der Waals surface area (Å²) in [5.74, 6) is -0.529. The average Bonchev–Trinajstić information content (AvgIpc) is 3.00. The lowest BCUT2D eigenvalue weighted by molar-refractivity contribution is -0.262. The van der Waals surface area contributed by atoms with E-state index in [1.807, 2.05) is 6.92 Å². The summed E-state index contributed by atoms with van der Waals surface area (Å²) < 4.78 is 44.7. The maximum Gasteiger partial charge on any atom is 0.416 e. The molecule has 2 bridgehead atoms. The fourth-order valence-corrected chi connectivity index (χ4v) is 3.83. The zero-order chi connectivity index (χ0) is 17.6. The van der Waals surface area contributed by atoms with Gasteiger partial charge in [-0.1, -0.05) is 6.92 Å². The molecule has 0 aliphatic heterocycles. The Morgan fingerprint density at radius 1 is 1.17 bits per heavy atom. The minimum Gasteiger partial charge on any atom is -0.461 e. The standard InChI is InChI=1S/C17H27F3O3/c1-5-15(2,3)14(21)23-13-11-7-6-10(8-11)12(13)9-16(4,22)17(18,19)20/h10-13,22H,5-9H2,1-4H3. The second kappa shape index (κ2) is 5.94. The summed E-state index contributed by atoms with van der Waals surface area (Å²) in [5.41, 5.74) is -3.38. The van der Waals surface area contributed by atoms with Gasteiger partial charge in [-0.2, -0.15) is 13.2 Å². The molecule has 23 heavy (non-hydrogen) atoms. The van der Waals surface area contributed by atoms with E-state index >= 15 is 0 Å². The Morgan fingerprint density at radius 3 is 2.26 bits per heavy atom. The average molecular weight is 336 g/mol. The number of hydrogen-bond donors (Lipinski definition) is 1. The quantitative estimate of drug-likeness (QED) is 0.770. The number of alkyl halides is 3. The molecule has 2 rings (SSSR count). The van der Waals surface area contributed by atoms with E-state index in [4.69, 9.17) is 4.74 Å². The Hall–Kier alpha value is -0.780. The van der Waals surface area contributed by atoms with Crippen molar-refractivity contribution in [1.82, 2.24) is 0 Å². The maximum atomic E-state index is 13.0. The topological polar surface area (TPSA) is 46.5 Å². The predicted molar refractivity (Wildman–Crippen MR) is 79.6 cm³/mol. The number of carbonyl (C=O) groups excluding carboxylic acids is 1. The summed E-state index contributed by atoms with van der Waals surface area (Å²) in [6, 6.07) is 0. The van der Waals surface area contributed by atoms with Crippen molar-refractivity contribution < 1.29 is 27.8 Å². The van der Waals surface area contributed by atoms with Crippen LogP contribution >= 0.6 is 0 Å². The SMILES string of the molecule is CCC(C)(C)C(=O)OC1C2CCC(C2)C1CC(C)(O)C(F)(F)F. The van der Waals surface area contributed by atoms with Crippen molar-refractivity contribution in [2.24, 2.45) is 23.2 Å². The molecular formula is C17H27F3O3. The molecule has 0 aromatic rings. The summed E-state index contributed by atoms with van der Waals surface area (Å²) in [7, 11) is 0. The lowest BCUT2D eigenvalue weighted by Gasteiger charge is -2.37. The summed E-state index contributed by atoms with van der Waals surface area (Å²) in [6.45, 7) is 6.26. The molecule has 2 saturated carbocycles. The van der Waals surface area contributed by atoms with Crippen molar-refractivity contribution >= 4 is 5.97 Å². The third-order valence-electron chi connectivity index (χ3n) is 5.93. The molecule has 2 aliphatic carbocycles. The number of carbonyl (C=O) groups is 1. The number of ether oxygens (including phenoxy) is 1. The van der Waals surface area contributed by atoms with Gasteiger partial charge in [0.15, 0.2) is 5.60 Å². The smallest absolute Gasteiger partial charge is 0.416 e. The molecule has 3 nitrogen and oxygen atoms in total. The number of esters is 1. The summed E-state index contributed by atoms with van der Waals surface area (Å²) in [6.07, 6.45) is -2.43. The molecule has 0 radical (unpaired) electrons. The van der Waals surface area contributed by atoms with E-state index in [1.54, 1.807) is 13.8 Å². The first-order valence-corrected chi connectivity index (χ1v) is 8.39. The minimum absolute atomic E-state index is 0.108. The Labute approximate surface area is 135 Å². The van der Waals surface area contributed by atoms with E-state index in [-0.39, 0.29) is 17.8 Å². The van der Waals surface area contributed by atoms with Crippen molar-refractivity contribution in [3.63, 3.8) is 0 Å². The molecule has 0 spiro atoms. The van der Waals surface area contributed by atoms with Gasteiger partial charge >= 0.3 is 12.1 Å². The van der Waals surface area contributed by atoms with Gasteiger partial charge in [0.2, 0.25) is 0 Å². The van der Waals surface area contributed by atoms with Crippen LogP contribution in [0.5, 0.6) is 0 Å². The van der Waals surface area contributed by atoms with Gasteiger partial charge in [-0.3, -0.25) is 4.79 Å². The first kappa shape index (κ1) is 18.6. The Bertz CT molecular complexity index is 456. The van der Waals surface area contributed by atoms with Crippen LogP contribution in [0.1, 0.15) is 59.8 Å². The number of aliphatic hydroxyl groups is 1. The molecule has 5 atom stereocenters. The second-order valence-corrected chi connectivity index (χ2v) is 8.08. The van der Waals surface area contributed by atoms with Crippen molar-refractivity contribution in [2.45, 2.75) is 77.7 Å². The minimum atomic E-state index is -4.67. The highest BCUT2D eigenvalue weighted by atomic mass is 19.4. The first-order valence-electron chi connectivity index (χ1n) is 8.39. The van der Waals surface area contributed by atoms with Crippen molar-refractivity contribution in [1.29, 1.82) is 0 Å². The van der Waals surface area contributed by atoms with Crippen LogP contribution in [0.3, 0.4) is 0 Å². The molecule has 0 aromatic heterocycles. The molecule has 0 saturated heterocycles. The van der Waals surface area contributed by atoms with Gasteiger partial charge in [0.25, 0.3) is 0 Å². The summed E-state index contributed by atoms with van der Waals surface area (Å²) >= 11 is 0. The first-order chi connectivity index (χ1) is 10.4. The highest BCUT2D eigenvalue weighted by Gasteiger charge is 2.57. The van der Waals surface area contributed by atoms with Crippen LogP contribution in [0.15, 0.2) is 0 Å². The lowest BCUT2D eigenvalue weighted by Crippen LogP contribution is -2.47. The predicted octanol–water partition coefficient (Wildman–Crippen LogP) is 4.08. The molecule has 0 aromatic carbocycles. The van der Waals surface area contributed by atoms with Gasteiger partial charge in [-0.15, -0.1) is 0 Å². The van der Waals surface area contributed by atoms with Crippen molar-refractivity contribution in [3.05, 3.63) is 0 Å². The third kappa shape index (κ3) is 3.52. The molecule has 2 fully saturated rings. The molecule has 6 heteroatoms. The van der Waals surface area contributed by atoms with Crippen LogP contribution in [0.25, 0.3) is 0 Å². The van der Waals surface area contributed by atoms with Crippen LogP contribution in [-0.4, -0.2) is 29.0 Å². The van der Waals surface area contributed by atoms with E-state index in [9.17, 15) is 23.1 Å². The number of halogens is 3. The van der Waals surface area contributed by atoms with Gasteiger partial charge in [0.1, 0.15) is 6.10 Å². The number of fused-ring (bicyclic) bond motifs is 2. The summed E-state index contributed by atoms with van der Waals surface area (Å²) in [5, 5.41) is 9.83. The largest absolute Gasteiger partial charge is 0.461 e. The monoisotopic (exact) mass is 336 g/mol. The highest BCUT2D eigenvalue weighted by molar-refractivity contribution is 5.76. The van der Waals surface area contributed by atoms with Crippen molar-refractivity contribution in [2.75, 3.05) is 0 Å². The van der Waals surface area contributed by atoms with Gasteiger partial charge in [-0.25, -0.2) is 0 Å². The van der Waals surface area contributed by atoms with E-state index in [0.29, 0.717) is 6.42 Å². The third-order valence-corrected chi connectivity index (χ3v) is 5.93. The van der Waals surface area contributed by atoms with Crippen LogP contribution in [0.2, 0.25) is 0 Å². The molecular weight excluding hydrogens is 309 g/mol. The Balaban J connectivity index is 2.13. The van der Waals surface area contributed by atoms with Gasteiger partial charge < -0.3 is 9.84 Å². The zero-order valence-corrected chi connectivity index (χ0v) is 14.2. The van der Waals surface area contributed by atoms with E-state index < -0.39 is 35.6 Å². The lowest BCUT2D eigenvalue weighted by atomic mass is 9.78. The van der Waals surface area contributed by atoms with Crippen LogP contribution in [-0.2, 0) is 9.53 Å². The second-order valence-electron chi connectivity index (χ2n) is 8.08. The molecule has 0 amide bonds. The summed E-state index contributed by atoms with van der Waals surface area (Å²) in [4.78, 5) is 12.3. The van der Waals surface area contributed by atoms with Crippen LogP contribution in [0.4, 0.5) is 13.2 Å². The molecule has 0 heterocycles. The van der Waals surface area contributed by atoms with Crippen LogP contribution < -0.4 is 0 Å². The van der Waals surface area contributed by atoms with E-state index in [2.05, 4.69) is 0 Å². The van der Waals surface area contributed by atoms with Crippen molar-refractivity contribution in [3.8, 4) is 0 Å². The van der Waals surface area contributed by atoms with Crippen LogP contribution in [0, 0.1) is 23.2 Å². The molecule has 134 valence electrons. The van der Waals surface area contributed by atoms with E-state index in [0.717, 1.165) is 26.2 Å². The molecule has 2 aliphatic rings. The maximum absolute atomic E-state index is 13.0. The normalized spacial score (nSPS) is 33.6. The number of hydrogen-bond acceptors (Lipinski definition) is 3. The molecule has 5 unspecified atom stereocenters. The Kier molecular flexibility index (Phi) is 4.79. The zero-order valence-electron chi connectivity index (χ0n) is 14.2. The fourth-order valence-electron chi connectivity index (χ4n) is 3.83. The number of rotatable bonds is 5. The van der Waals surface area contributed by atoms with Gasteiger partial charge in [0, 0.05) is 5.92 Å². The van der Waals surface area contributed by atoms with Gasteiger partial charge in [0.05, 0.1) is 5.41 Å². The molecule has 1 N–H and O–H groups in total. The van der Waals surface area contributed by atoms with E-state index in [1.165, 1.54) is 0 Å². The Morgan fingerprint density at radius 2 is 1.74 bits per heavy atom. The van der Waals surface area contributed by atoms with Gasteiger partial charge in [-0.05, 0) is 64.7 Å². The highest BCUT2D eigenvalue weighted by Crippen LogP contribution is 2.54. The fraction of sp³-hybridized carbons (Fsp3) is 0.941.